The van der Waals surface area contributed by atoms with Gasteiger partial charge in [-0.2, -0.15) is 0 Å². The average Bonchev–Trinajstić information content (AvgIpc) is 1.92. The molecule has 0 aromatic carbocycles. The van der Waals surface area contributed by atoms with Crippen molar-refractivity contribution in [2.24, 2.45) is 0 Å². The second-order valence-corrected chi connectivity index (χ2v) is 4.25. The summed E-state index contributed by atoms with van der Waals surface area (Å²) in [6.45, 7) is 6.26. The minimum absolute atomic E-state index is 0.0265. The Morgan fingerprint density at radius 1 is 1.42 bits per heavy atom. The van der Waals surface area contributed by atoms with E-state index in [0.717, 1.165) is 5.69 Å². The number of nitrogens with zero attached hydrogens (tertiary/aromatic N) is 1. The molecule has 0 amide bonds. The zero-order valence-electron chi connectivity index (χ0n) is 7.56. The Hall–Kier alpha value is -0.760. The normalized spacial score (nSPS) is 11.7. The van der Waals surface area contributed by atoms with Crippen molar-refractivity contribution in [2.45, 2.75) is 26.2 Å². The lowest BCUT2D eigenvalue weighted by Gasteiger charge is -2.17. The minimum atomic E-state index is 0.0265. The molecule has 0 saturated heterocycles. The zero-order chi connectivity index (χ0) is 9.35. The molecule has 0 aliphatic heterocycles. The highest BCUT2D eigenvalue weighted by atomic mass is 35.5. The van der Waals surface area contributed by atoms with Gasteiger partial charge in [0, 0.05) is 17.3 Å². The molecule has 2 N–H and O–H groups in total. The van der Waals surface area contributed by atoms with Gasteiger partial charge in [-0.25, -0.2) is 0 Å². The van der Waals surface area contributed by atoms with Gasteiger partial charge in [0.15, 0.2) is 0 Å². The third-order valence-electron chi connectivity index (χ3n) is 1.65. The van der Waals surface area contributed by atoms with Crippen LogP contribution in [0.1, 0.15) is 26.5 Å². The molecule has 0 bridgehead atoms. The second kappa shape index (κ2) is 2.94. The number of nitrogen functional groups attached to an aromatic ring is 1. The molecule has 0 atom stereocenters. The average molecular weight is 185 g/mol. The highest BCUT2D eigenvalue weighted by Gasteiger charge is 2.15. The third-order valence-corrected chi connectivity index (χ3v) is 1.97. The highest BCUT2D eigenvalue weighted by Crippen LogP contribution is 2.25. The van der Waals surface area contributed by atoms with Crippen LogP contribution >= 0.6 is 11.6 Å². The van der Waals surface area contributed by atoms with Crippen LogP contribution in [0.15, 0.2) is 12.3 Å². The summed E-state index contributed by atoms with van der Waals surface area (Å²) in [5.41, 5.74) is 7.23. The highest BCUT2D eigenvalue weighted by molar-refractivity contribution is 6.32. The molecule has 0 aliphatic carbocycles. The van der Waals surface area contributed by atoms with Gasteiger partial charge in [-0.05, 0) is 6.07 Å². The number of pyridine rings is 1. The van der Waals surface area contributed by atoms with E-state index in [4.69, 9.17) is 17.3 Å². The van der Waals surface area contributed by atoms with Crippen molar-refractivity contribution in [1.29, 1.82) is 0 Å². The van der Waals surface area contributed by atoms with Gasteiger partial charge in [-0.1, -0.05) is 32.4 Å². The molecular weight excluding hydrogens is 172 g/mol. The number of rotatable bonds is 0. The van der Waals surface area contributed by atoms with Crippen LogP contribution in [-0.4, -0.2) is 4.98 Å². The number of nitrogens with two attached hydrogens (primary N) is 1. The molecule has 0 radical (unpaired) electrons. The molecular formula is C9H13ClN2. The number of aromatic nitrogens is 1. The van der Waals surface area contributed by atoms with E-state index in [9.17, 15) is 0 Å². The summed E-state index contributed by atoms with van der Waals surface area (Å²) in [6.07, 6.45) is 1.59. The van der Waals surface area contributed by atoms with Crippen molar-refractivity contribution in [2.75, 3.05) is 5.73 Å². The maximum absolute atomic E-state index is 5.74. The standard InChI is InChI=1S/C9H13ClN2/c1-9(2,3)8-4-7(11)6(10)5-12-8/h4-5H,1-3H3,(H2,11,12). The van der Waals surface area contributed by atoms with E-state index < -0.39 is 0 Å². The van der Waals surface area contributed by atoms with Crippen LogP contribution in [0, 0.1) is 0 Å². The van der Waals surface area contributed by atoms with Gasteiger partial charge in [0.05, 0.1) is 10.7 Å². The summed E-state index contributed by atoms with van der Waals surface area (Å²) in [5.74, 6) is 0. The monoisotopic (exact) mass is 184 g/mol. The first-order valence-corrected chi connectivity index (χ1v) is 4.20. The number of hydrogen-bond acceptors (Lipinski definition) is 2. The predicted molar refractivity (Wildman–Crippen MR) is 52.4 cm³/mol. The first-order chi connectivity index (χ1) is 5.41. The summed E-state index contributed by atoms with van der Waals surface area (Å²) in [5, 5.41) is 0.517. The van der Waals surface area contributed by atoms with Crippen LogP contribution in [0.5, 0.6) is 0 Å². The van der Waals surface area contributed by atoms with Gasteiger partial charge in [0.1, 0.15) is 0 Å². The fourth-order valence-electron chi connectivity index (χ4n) is 0.864. The molecule has 3 heteroatoms. The van der Waals surface area contributed by atoms with Crippen LogP contribution in [0.3, 0.4) is 0 Å². The van der Waals surface area contributed by atoms with Crippen molar-refractivity contribution in [3.63, 3.8) is 0 Å². The van der Waals surface area contributed by atoms with Crippen molar-refractivity contribution in [1.82, 2.24) is 4.98 Å². The Morgan fingerprint density at radius 3 is 2.42 bits per heavy atom. The lowest BCUT2D eigenvalue weighted by molar-refractivity contribution is 0.569. The van der Waals surface area contributed by atoms with Gasteiger partial charge in [0.25, 0.3) is 0 Å². The Bertz CT molecular complexity index is 289. The first-order valence-electron chi connectivity index (χ1n) is 3.83. The van der Waals surface area contributed by atoms with Crippen molar-refractivity contribution in [3.8, 4) is 0 Å². The molecule has 1 heterocycles. The maximum Gasteiger partial charge on any atom is 0.0818 e. The van der Waals surface area contributed by atoms with Crippen LogP contribution in [0.4, 0.5) is 5.69 Å². The van der Waals surface area contributed by atoms with Crippen LogP contribution < -0.4 is 5.73 Å². The second-order valence-electron chi connectivity index (χ2n) is 3.84. The number of anilines is 1. The minimum Gasteiger partial charge on any atom is -0.397 e. The molecule has 2 nitrogen and oxygen atoms in total. The number of halogens is 1. The third kappa shape index (κ3) is 1.89. The van der Waals surface area contributed by atoms with Crippen molar-refractivity contribution in [3.05, 3.63) is 23.0 Å². The summed E-state index contributed by atoms with van der Waals surface area (Å²) < 4.78 is 0. The molecule has 12 heavy (non-hydrogen) atoms. The topological polar surface area (TPSA) is 38.9 Å². The smallest absolute Gasteiger partial charge is 0.0818 e. The van der Waals surface area contributed by atoms with Crippen molar-refractivity contribution < 1.29 is 0 Å². The summed E-state index contributed by atoms with van der Waals surface area (Å²) >= 11 is 5.74. The van der Waals surface area contributed by atoms with E-state index >= 15 is 0 Å². The molecule has 0 spiro atoms. The Balaban J connectivity index is 3.14. The molecule has 66 valence electrons. The molecule has 1 aromatic rings. The molecule has 0 saturated carbocycles. The Kier molecular flexibility index (Phi) is 2.29. The fraction of sp³-hybridized carbons (Fsp3) is 0.444. The fourth-order valence-corrected chi connectivity index (χ4v) is 0.968. The van der Waals surface area contributed by atoms with Gasteiger partial charge in [-0.3, -0.25) is 4.98 Å². The van der Waals surface area contributed by atoms with E-state index in [-0.39, 0.29) is 5.41 Å². The largest absolute Gasteiger partial charge is 0.397 e. The quantitative estimate of drug-likeness (QED) is 0.673. The molecule has 0 aliphatic rings. The van der Waals surface area contributed by atoms with E-state index in [1.807, 2.05) is 6.07 Å². The predicted octanol–water partition coefficient (Wildman–Crippen LogP) is 2.61. The lowest BCUT2D eigenvalue weighted by Crippen LogP contribution is -2.13. The van der Waals surface area contributed by atoms with E-state index in [0.29, 0.717) is 10.7 Å². The van der Waals surface area contributed by atoms with Gasteiger partial charge in [0.2, 0.25) is 0 Å². The van der Waals surface area contributed by atoms with Crippen LogP contribution in [-0.2, 0) is 5.41 Å². The van der Waals surface area contributed by atoms with Gasteiger partial charge in [-0.15, -0.1) is 0 Å². The maximum atomic E-state index is 5.74. The van der Waals surface area contributed by atoms with Crippen molar-refractivity contribution >= 4 is 17.3 Å². The van der Waals surface area contributed by atoms with Gasteiger partial charge < -0.3 is 5.73 Å². The first kappa shape index (κ1) is 9.33. The summed E-state index contributed by atoms with van der Waals surface area (Å²) in [4.78, 5) is 4.20. The van der Waals surface area contributed by atoms with Crippen LogP contribution in [0.25, 0.3) is 0 Å². The van der Waals surface area contributed by atoms with Crippen LogP contribution in [0.2, 0.25) is 5.02 Å². The Labute approximate surface area is 77.8 Å². The molecule has 0 fully saturated rings. The van der Waals surface area contributed by atoms with E-state index in [1.54, 1.807) is 6.20 Å². The summed E-state index contributed by atoms with van der Waals surface area (Å²) in [7, 11) is 0. The molecule has 0 unspecified atom stereocenters. The SMILES string of the molecule is CC(C)(C)c1cc(N)c(Cl)cn1. The van der Waals surface area contributed by atoms with Gasteiger partial charge >= 0.3 is 0 Å². The van der Waals surface area contributed by atoms with E-state index in [1.165, 1.54) is 0 Å². The molecule has 1 rings (SSSR count). The van der Waals surface area contributed by atoms with E-state index in [2.05, 4.69) is 25.8 Å². The zero-order valence-corrected chi connectivity index (χ0v) is 8.31. The molecule has 1 aromatic heterocycles. The lowest BCUT2D eigenvalue weighted by atomic mass is 9.91. The Morgan fingerprint density at radius 2 is 2.00 bits per heavy atom. The summed E-state index contributed by atoms with van der Waals surface area (Å²) in [6, 6.07) is 1.82. The number of hydrogen-bond donors (Lipinski definition) is 1.